The molecule has 0 unspecified atom stereocenters. The van der Waals surface area contributed by atoms with Crippen molar-refractivity contribution in [3.05, 3.63) is 70.5 Å². The lowest BCUT2D eigenvalue weighted by Crippen LogP contribution is -2.34. The summed E-state index contributed by atoms with van der Waals surface area (Å²) in [4.78, 5) is 21.4. The number of nitrogens with one attached hydrogen (secondary N) is 1. The Hall–Kier alpha value is -3.58. The molecule has 3 aromatic carbocycles. The molecule has 0 aromatic heterocycles. The topological polar surface area (TPSA) is 110 Å². The molecule has 0 saturated carbocycles. The highest BCUT2D eigenvalue weighted by Gasteiger charge is 2.32. The highest BCUT2D eigenvalue weighted by molar-refractivity contribution is 7.85. The van der Waals surface area contributed by atoms with Gasteiger partial charge in [-0.05, 0) is 24.6 Å². The number of rotatable bonds is 4. The maximum absolute atomic E-state index is 12.6. The second-order valence-electron chi connectivity index (χ2n) is 6.85. The Morgan fingerprint density at radius 1 is 0.853 bits per heavy atom. The van der Waals surface area contributed by atoms with E-state index in [9.17, 15) is 40.0 Å². The van der Waals surface area contributed by atoms with E-state index in [-0.39, 0.29) is 11.8 Å². The van der Waals surface area contributed by atoms with Gasteiger partial charge in [-0.15, -0.1) is 0 Å². The summed E-state index contributed by atoms with van der Waals surface area (Å²) in [6, 6.07) is 8.89. The van der Waals surface area contributed by atoms with Crippen molar-refractivity contribution < 1.29 is 49.2 Å². The average molecular weight is 503 g/mol. The van der Waals surface area contributed by atoms with Crippen LogP contribution >= 0.6 is 0 Å². The molecule has 0 saturated heterocycles. The average Bonchev–Trinajstić information content (AvgIpc) is 2.78. The quantitative estimate of drug-likeness (QED) is 0.182. The van der Waals surface area contributed by atoms with E-state index in [4.69, 9.17) is 9.29 Å². The highest BCUT2D eigenvalue weighted by atomic mass is 32.2. The van der Waals surface area contributed by atoms with E-state index < -0.39 is 44.1 Å². The van der Waals surface area contributed by atoms with Crippen molar-refractivity contribution in [1.82, 2.24) is 5.32 Å². The Balaban J connectivity index is 0.000000197. The standard InChI is InChI=1S/C15H13NO3.C6HF5O3S/c1-2-8-19-12-7-6-11-13-9(12)4-3-5-10(13)14(17)16-15(11)18;7-1-2(8)4(10)6(15(12,13)14)5(11)3(1)9/h3-7H,2,8H2,1H3,(H,16,17,18);(H,12,13,14). The van der Waals surface area contributed by atoms with Crippen molar-refractivity contribution >= 4 is 32.7 Å². The van der Waals surface area contributed by atoms with Crippen molar-refractivity contribution in [3.63, 3.8) is 0 Å². The lowest BCUT2D eigenvalue weighted by molar-refractivity contribution is 0.0845. The van der Waals surface area contributed by atoms with Crippen LogP contribution in [0.1, 0.15) is 34.1 Å². The van der Waals surface area contributed by atoms with Gasteiger partial charge in [0.2, 0.25) is 5.82 Å². The van der Waals surface area contributed by atoms with E-state index in [1.807, 2.05) is 13.0 Å². The fourth-order valence-electron chi connectivity index (χ4n) is 3.15. The maximum Gasteiger partial charge on any atom is 0.300 e. The van der Waals surface area contributed by atoms with Crippen LogP contribution in [0.4, 0.5) is 22.0 Å². The van der Waals surface area contributed by atoms with Crippen LogP contribution in [0.15, 0.2) is 35.2 Å². The molecular formula is C21H14F5NO6S. The van der Waals surface area contributed by atoms with E-state index in [0.29, 0.717) is 28.9 Å². The summed E-state index contributed by atoms with van der Waals surface area (Å²) in [6.45, 7) is 2.64. The van der Waals surface area contributed by atoms with Gasteiger partial charge in [-0.25, -0.2) is 22.0 Å². The predicted octanol–water partition coefficient (Wildman–Crippen LogP) is 4.14. The molecule has 1 aliphatic rings. The molecule has 0 atom stereocenters. The third-order valence-electron chi connectivity index (χ3n) is 4.61. The SMILES string of the molecule is CCCOc1ccc2c3c(cccc13)C(=O)NC2=O.O=S(=O)(O)c1c(F)c(F)c(F)c(F)c1F. The Labute approximate surface area is 188 Å². The van der Waals surface area contributed by atoms with Gasteiger partial charge in [0.1, 0.15) is 5.75 Å². The molecule has 180 valence electrons. The zero-order valence-electron chi connectivity index (χ0n) is 17.1. The minimum atomic E-state index is -5.52. The zero-order valence-corrected chi connectivity index (χ0v) is 17.9. The van der Waals surface area contributed by atoms with Crippen LogP contribution in [0.5, 0.6) is 5.75 Å². The smallest absolute Gasteiger partial charge is 0.300 e. The molecule has 2 amide bonds. The van der Waals surface area contributed by atoms with Gasteiger partial charge in [0.15, 0.2) is 28.2 Å². The summed E-state index contributed by atoms with van der Waals surface area (Å²) < 4.78 is 97.0. The van der Waals surface area contributed by atoms with Gasteiger partial charge < -0.3 is 4.74 Å². The normalized spacial score (nSPS) is 12.8. The number of imide groups is 1. The summed E-state index contributed by atoms with van der Waals surface area (Å²) in [7, 11) is -5.52. The van der Waals surface area contributed by atoms with Crippen molar-refractivity contribution in [3.8, 4) is 5.75 Å². The van der Waals surface area contributed by atoms with E-state index in [0.717, 1.165) is 11.8 Å². The number of ether oxygens (including phenoxy) is 1. The number of carbonyl (C=O) groups excluding carboxylic acids is 2. The monoisotopic (exact) mass is 503 g/mol. The molecule has 0 spiro atoms. The molecule has 0 bridgehead atoms. The molecule has 0 aliphatic carbocycles. The van der Waals surface area contributed by atoms with E-state index in [1.54, 1.807) is 24.3 Å². The van der Waals surface area contributed by atoms with Crippen LogP contribution in [0, 0.1) is 29.1 Å². The minimum absolute atomic E-state index is 0.351. The van der Waals surface area contributed by atoms with Crippen LogP contribution in [0.2, 0.25) is 0 Å². The van der Waals surface area contributed by atoms with Crippen LogP contribution < -0.4 is 10.1 Å². The predicted molar refractivity (Wildman–Crippen MR) is 108 cm³/mol. The summed E-state index contributed by atoms with van der Waals surface area (Å²) in [5.74, 6) is -12.6. The molecule has 2 N–H and O–H groups in total. The first-order valence-corrected chi connectivity index (χ1v) is 10.9. The molecule has 3 aromatic rings. The van der Waals surface area contributed by atoms with Gasteiger partial charge in [-0.2, -0.15) is 8.42 Å². The minimum Gasteiger partial charge on any atom is -0.493 e. The maximum atomic E-state index is 12.6. The third-order valence-corrected chi connectivity index (χ3v) is 5.48. The van der Waals surface area contributed by atoms with E-state index in [2.05, 4.69) is 5.32 Å². The molecule has 7 nitrogen and oxygen atoms in total. The summed E-state index contributed by atoms with van der Waals surface area (Å²) in [6.07, 6.45) is 0.905. The second kappa shape index (κ2) is 9.35. The van der Waals surface area contributed by atoms with Crippen LogP contribution in [0.25, 0.3) is 10.8 Å². The number of benzene rings is 3. The number of amides is 2. The largest absolute Gasteiger partial charge is 0.493 e. The van der Waals surface area contributed by atoms with Gasteiger partial charge in [0.25, 0.3) is 11.8 Å². The van der Waals surface area contributed by atoms with Gasteiger partial charge in [-0.3, -0.25) is 19.5 Å². The van der Waals surface area contributed by atoms with E-state index in [1.165, 1.54) is 0 Å². The molecule has 1 heterocycles. The van der Waals surface area contributed by atoms with Gasteiger partial charge in [-0.1, -0.05) is 19.1 Å². The molecule has 34 heavy (non-hydrogen) atoms. The summed E-state index contributed by atoms with van der Waals surface area (Å²) in [5.41, 5.74) is 1.04. The first kappa shape index (κ1) is 25.1. The fourth-order valence-corrected chi connectivity index (χ4v) is 3.78. The first-order chi connectivity index (χ1) is 15.9. The molecule has 1 aliphatic heterocycles. The summed E-state index contributed by atoms with van der Waals surface area (Å²) in [5, 5.41) is 3.84. The van der Waals surface area contributed by atoms with Crippen molar-refractivity contribution in [2.45, 2.75) is 18.2 Å². The Kier molecular flexibility index (Phi) is 6.89. The fraction of sp³-hybridized carbons (Fsp3) is 0.143. The second-order valence-corrected chi connectivity index (χ2v) is 8.20. The van der Waals surface area contributed by atoms with Crippen LogP contribution in [0.3, 0.4) is 0 Å². The van der Waals surface area contributed by atoms with Crippen molar-refractivity contribution in [2.75, 3.05) is 6.61 Å². The third kappa shape index (κ3) is 4.43. The number of hydrogen-bond donors (Lipinski definition) is 2. The zero-order chi connectivity index (χ0) is 25.4. The highest BCUT2D eigenvalue weighted by Crippen LogP contribution is 2.33. The number of halogens is 5. The van der Waals surface area contributed by atoms with E-state index >= 15 is 0 Å². The Bertz CT molecular complexity index is 1390. The van der Waals surface area contributed by atoms with Gasteiger partial charge in [0, 0.05) is 21.9 Å². The number of carbonyl (C=O) groups is 2. The first-order valence-electron chi connectivity index (χ1n) is 9.43. The van der Waals surface area contributed by atoms with Gasteiger partial charge >= 0.3 is 10.1 Å². The van der Waals surface area contributed by atoms with Crippen molar-refractivity contribution in [1.29, 1.82) is 0 Å². The van der Waals surface area contributed by atoms with Crippen LogP contribution in [-0.4, -0.2) is 31.4 Å². The Morgan fingerprint density at radius 2 is 1.38 bits per heavy atom. The van der Waals surface area contributed by atoms with Crippen molar-refractivity contribution in [2.24, 2.45) is 0 Å². The van der Waals surface area contributed by atoms with Gasteiger partial charge in [0.05, 0.1) is 6.61 Å². The summed E-state index contributed by atoms with van der Waals surface area (Å²) >= 11 is 0. The lowest BCUT2D eigenvalue weighted by atomic mass is 9.95. The Morgan fingerprint density at radius 3 is 1.91 bits per heavy atom. The lowest BCUT2D eigenvalue weighted by Gasteiger charge is -2.18. The molecule has 4 rings (SSSR count). The molecule has 0 radical (unpaired) electrons. The number of hydrogen-bond acceptors (Lipinski definition) is 5. The van der Waals surface area contributed by atoms with Crippen LogP contribution in [-0.2, 0) is 10.1 Å². The molecule has 13 heteroatoms. The molecular weight excluding hydrogens is 489 g/mol. The molecule has 0 fully saturated rings.